The van der Waals surface area contributed by atoms with Gasteiger partial charge in [-0.05, 0) is 30.7 Å². The summed E-state index contributed by atoms with van der Waals surface area (Å²) in [4.78, 5) is 12.0. The zero-order valence-corrected chi connectivity index (χ0v) is 13.1. The molecule has 1 heterocycles. The van der Waals surface area contributed by atoms with Gasteiger partial charge < -0.3 is 19.0 Å². The third-order valence-electron chi connectivity index (χ3n) is 3.62. The standard InChI is InChI=1S/C18H15FO5/c1-10(20)14-15(21)18(22-2)17-13(6-7-23-17)16(14)24-9-11-4-3-5-12(19)8-11/h3-8,21H,9H2,1-2H3. The van der Waals surface area contributed by atoms with Gasteiger partial charge in [0.25, 0.3) is 0 Å². The van der Waals surface area contributed by atoms with Crippen LogP contribution in [0.15, 0.2) is 41.0 Å². The number of furan rings is 1. The zero-order chi connectivity index (χ0) is 17.3. The van der Waals surface area contributed by atoms with Gasteiger partial charge in [-0.2, -0.15) is 0 Å². The fraction of sp³-hybridized carbons (Fsp3) is 0.167. The van der Waals surface area contributed by atoms with E-state index in [0.717, 1.165) is 0 Å². The number of halogens is 1. The lowest BCUT2D eigenvalue weighted by atomic mass is 10.0. The average Bonchev–Trinajstić information content (AvgIpc) is 3.01. The molecule has 0 bridgehead atoms. The van der Waals surface area contributed by atoms with Gasteiger partial charge >= 0.3 is 0 Å². The molecular formula is C18H15FO5. The van der Waals surface area contributed by atoms with Crippen LogP contribution in [-0.4, -0.2) is 18.0 Å². The molecular weight excluding hydrogens is 315 g/mol. The van der Waals surface area contributed by atoms with Gasteiger partial charge in [-0.15, -0.1) is 0 Å². The number of hydrogen-bond acceptors (Lipinski definition) is 5. The van der Waals surface area contributed by atoms with Crippen LogP contribution < -0.4 is 9.47 Å². The zero-order valence-electron chi connectivity index (χ0n) is 13.1. The first-order chi connectivity index (χ1) is 11.5. The van der Waals surface area contributed by atoms with E-state index in [-0.39, 0.29) is 46.6 Å². The Hall–Kier alpha value is -3.02. The number of ether oxygens (including phenoxy) is 2. The largest absolute Gasteiger partial charge is 0.504 e. The Bertz CT molecular complexity index is 913. The smallest absolute Gasteiger partial charge is 0.205 e. The molecule has 1 aromatic heterocycles. The quantitative estimate of drug-likeness (QED) is 0.714. The van der Waals surface area contributed by atoms with E-state index in [4.69, 9.17) is 13.9 Å². The molecule has 3 aromatic rings. The number of methoxy groups -OCH3 is 1. The summed E-state index contributed by atoms with van der Waals surface area (Å²) in [5, 5.41) is 10.8. The molecule has 0 saturated heterocycles. The Morgan fingerprint density at radius 2 is 2.08 bits per heavy atom. The molecule has 0 spiro atoms. The minimum atomic E-state index is -0.386. The van der Waals surface area contributed by atoms with Crippen LogP contribution in [0.2, 0.25) is 0 Å². The van der Waals surface area contributed by atoms with Crippen molar-refractivity contribution in [1.29, 1.82) is 0 Å². The molecule has 2 aromatic carbocycles. The van der Waals surface area contributed by atoms with Crippen molar-refractivity contribution < 1.29 is 28.2 Å². The van der Waals surface area contributed by atoms with E-state index >= 15 is 0 Å². The van der Waals surface area contributed by atoms with E-state index in [0.29, 0.717) is 10.9 Å². The number of aromatic hydroxyl groups is 1. The molecule has 6 heteroatoms. The van der Waals surface area contributed by atoms with Crippen molar-refractivity contribution in [3.05, 3.63) is 53.5 Å². The fourth-order valence-corrected chi connectivity index (χ4v) is 2.58. The molecule has 3 rings (SSSR count). The van der Waals surface area contributed by atoms with E-state index in [1.807, 2.05) is 0 Å². The van der Waals surface area contributed by atoms with Crippen molar-refractivity contribution in [1.82, 2.24) is 0 Å². The van der Waals surface area contributed by atoms with E-state index in [2.05, 4.69) is 0 Å². The molecule has 0 aliphatic heterocycles. The van der Waals surface area contributed by atoms with Crippen molar-refractivity contribution in [2.45, 2.75) is 13.5 Å². The summed E-state index contributed by atoms with van der Waals surface area (Å²) < 4.78 is 29.5. The van der Waals surface area contributed by atoms with Crippen LogP contribution in [0.1, 0.15) is 22.8 Å². The van der Waals surface area contributed by atoms with E-state index in [9.17, 15) is 14.3 Å². The highest BCUT2D eigenvalue weighted by Crippen LogP contribution is 2.46. The minimum absolute atomic E-state index is 0.00264. The van der Waals surface area contributed by atoms with Crippen LogP contribution in [0.25, 0.3) is 11.0 Å². The molecule has 0 radical (unpaired) electrons. The van der Waals surface area contributed by atoms with Crippen molar-refractivity contribution in [3.63, 3.8) is 0 Å². The summed E-state index contributed by atoms with van der Waals surface area (Å²) in [5.74, 6) is -0.870. The second kappa shape index (κ2) is 6.23. The molecule has 0 amide bonds. The summed E-state index contributed by atoms with van der Waals surface area (Å²) in [6, 6.07) is 7.55. The van der Waals surface area contributed by atoms with Gasteiger partial charge in [-0.25, -0.2) is 4.39 Å². The predicted octanol–water partition coefficient (Wildman–Crippen LogP) is 4.07. The maximum Gasteiger partial charge on any atom is 0.205 e. The van der Waals surface area contributed by atoms with Gasteiger partial charge in [0.05, 0.1) is 18.8 Å². The van der Waals surface area contributed by atoms with Crippen molar-refractivity contribution in [2.24, 2.45) is 0 Å². The number of rotatable bonds is 5. The molecule has 0 aliphatic carbocycles. The van der Waals surface area contributed by atoms with Gasteiger partial charge in [0.2, 0.25) is 5.75 Å². The first kappa shape index (κ1) is 15.9. The molecule has 0 fully saturated rings. The number of benzene rings is 2. The molecule has 24 heavy (non-hydrogen) atoms. The Morgan fingerprint density at radius 1 is 1.29 bits per heavy atom. The Balaban J connectivity index is 2.10. The van der Waals surface area contributed by atoms with Gasteiger partial charge in [0.15, 0.2) is 17.1 Å². The van der Waals surface area contributed by atoms with Crippen LogP contribution in [0.4, 0.5) is 4.39 Å². The maximum absolute atomic E-state index is 13.3. The summed E-state index contributed by atoms with van der Waals surface area (Å²) in [7, 11) is 1.37. The molecule has 0 saturated carbocycles. The number of Topliss-reactive ketones (excluding diaryl/α,β-unsaturated/α-hetero) is 1. The predicted molar refractivity (Wildman–Crippen MR) is 85.2 cm³/mol. The van der Waals surface area contributed by atoms with Gasteiger partial charge in [0, 0.05) is 0 Å². The number of phenolic OH excluding ortho intramolecular Hbond substituents is 1. The van der Waals surface area contributed by atoms with Crippen LogP contribution in [0.5, 0.6) is 17.2 Å². The van der Waals surface area contributed by atoms with E-state index in [1.54, 1.807) is 18.2 Å². The molecule has 0 atom stereocenters. The van der Waals surface area contributed by atoms with Gasteiger partial charge in [-0.1, -0.05) is 12.1 Å². The summed E-state index contributed by atoms with van der Waals surface area (Å²) in [6.07, 6.45) is 1.41. The second-order valence-electron chi connectivity index (χ2n) is 5.22. The minimum Gasteiger partial charge on any atom is -0.504 e. The summed E-state index contributed by atoms with van der Waals surface area (Å²) in [6.45, 7) is 1.35. The third-order valence-corrected chi connectivity index (χ3v) is 3.62. The monoisotopic (exact) mass is 330 g/mol. The first-order valence-electron chi connectivity index (χ1n) is 7.21. The average molecular weight is 330 g/mol. The summed E-state index contributed by atoms with van der Waals surface area (Å²) in [5.41, 5.74) is 0.864. The molecule has 0 unspecified atom stereocenters. The van der Waals surface area contributed by atoms with Gasteiger partial charge in [-0.3, -0.25) is 4.79 Å². The van der Waals surface area contributed by atoms with Crippen LogP contribution in [-0.2, 0) is 6.61 Å². The van der Waals surface area contributed by atoms with Gasteiger partial charge in [0.1, 0.15) is 23.7 Å². The number of carbonyl (C=O) groups excluding carboxylic acids is 1. The molecule has 5 nitrogen and oxygen atoms in total. The lowest BCUT2D eigenvalue weighted by Gasteiger charge is -2.15. The Morgan fingerprint density at radius 3 is 2.75 bits per heavy atom. The second-order valence-corrected chi connectivity index (χ2v) is 5.22. The van der Waals surface area contributed by atoms with E-state index in [1.165, 1.54) is 32.4 Å². The van der Waals surface area contributed by atoms with E-state index < -0.39 is 0 Å². The SMILES string of the molecule is COc1c(O)c(C(C)=O)c(OCc2cccc(F)c2)c2ccoc12. The Kier molecular flexibility index (Phi) is 4.12. The fourth-order valence-electron chi connectivity index (χ4n) is 2.58. The van der Waals surface area contributed by atoms with Crippen LogP contribution in [0, 0.1) is 5.82 Å². The number of ketones is 1. The van der Waals surface area contributed by atoms with Crippen molar-refractivity contribution >= 4 is 16.8 Å². The highest BCUT2D eigenvalue weighted by molar-refractivity contribution is 6.08. The first-order valence-corrected chi connectivity index (χ1v) is 7.21. The number of hydrogen-bond donors (Lipinski definition) is 1. The normalized spacial score (nSPS) is 10.8. The topological polar surface area (TPSA) is 68.9 Å². The van der Waals surface area contributed by atoms with Crippen LogP contribution >= 0.6 is 0 Å². The van der Waals surface area contributed by atoms with Crippen molar-refractivity contribution in [2.75, 3.05) is 7.11 Å². The maximum atomic E-state index is 13.3. The van der Waals surface area contributed by atoms with Crippen LogP contribution in [0.3, 0.4) is 0 Å². The molecule has 0 aliphatic rings. The number of phenols is 1. The van der Waals surface area contributed by atoms with Crippen molar-refractivity contribution in [3.8, 4) is 17.2 Å². The lowest BCUT2D eigenvalue weighted by Crippen LogP contribution is -2.04. The Labute approximate surface area is 137 Å². The number of carbonyl (C=O) groups is 1. The lowest BCUT2D eigenvalue weighted by molar-refractivity contribution is 0.101. The highest BCUT2D eigenvalue weighted by atomic mass is 19.1. The number of fused-ring (bicyclic) bond motifs is 1. The highest BCUT2D eigenvalue weighted by Gasteiger charge is 2.25. The molecule has 1 N–H and O–H groups in total. The molecule has 124 valence electrons. The third kappa shape index (κ3) is 2.67. The summed E-state index contributed by atoms with van der Waals surface area (Å²) >= 11 is 0.